The summed E-state index contributed by atoms with van der Waals surface area (Å²) in [7, 11) is -1.23. The van der Waals surface area contributed by atoms with Crippen LogP contribution in [0.15, 0.2) is 65.1 Å². The number of hydrogen-bond acceptors (Lipinski definition) is 3. The van der Waals surface area contributed by atoms with Crippen molar-refractivity contribution in [2.24, 2.45) is 0 Å². The molecule has 3 aromatic rings. The van der Waals surface area contributed by atoms with Crippen molar-refractivity contribution in [1.82, 2.24) is 5.32 Å². The van der Waals surface area contributed by atoms with Crippen molar-refractivity contribution < 1.29 is 17.8 Å². The van der Waals surface area contributed by atoms with Crippen LogP contribution in [-0.4, -0.2) is 10.1 Å². The number of benzene rings is 2. The van der Waals surface area contributed by atoms with Crippen LogP contribution in [0.4, 0.5) is 4.39 Å². The summed E-state index contributed by atoms with van der Waals surface area (Å²) in [6, 6.07) is 16.6. The van der Waals surface area contributed by atoms with E-state index < -0.39 is 16.7 Å². The Kier molecular flexibility index (Phi) is 6.42. The molecule has 140 valence electrons. The molecular formula is C20H17ClFNO3S. The van der Waals surface area contributed by atoms with Crippen LogP contribution < -0.4 is 5.32 Å². The molecule has 27 heavy (non-hydrogen) atoms. The fourth-order valence-corrected chi connectivity index (χ4v) is 3.94. The van der Waals surface area contributed by atoms with E-state index in [4.69, 9.17) is 16.0 Å². The van der Waals surface area contributed by atoms with Gasteiger partial charge in [0.05, 0.1) is 11.5 Å². The number of carbonyl (C=O) groups excluding carboxylic acids is 1. The molecule has 0 aliphatic rings. The monoisotopic (exact) mass is 405 g/mol. The highest BCUT2D eigenvalue weighted by atomic mass is 35.5. The Balaban J connectivity index is 1.56. The van der Waals surface area contributed by atoms with E-state index in [9.17, 15) is 13.4 Å². The summed E-state index contributed by atoms with van der Waals surface area (Å²) in [4.78, 5) is 12.1. The van der Waals surface area contributed by atoms with Gasteiger partial charge < -0.3 is 9.73 Å². The minimum Gasteiger partial charge on any atom is -0.455 e. The van der Waals surface area contributed by atoms with E-state index in [-0.39, 0.29) is 23.9 Å². The Morgan fingerprint density at radius 3 is 2.44 bits per heavy atom. The maximum absolute atomic E-state index is 13.6. The molecule has 1 heterocycles. The molecule has 2 aromatic carbocycles. The maximum atomic E-state index is 13.6. The largest absolute Gasteiger partial charge is 0.455 e. The lowest BCUT2D eigenvalue weighted by molar-refractivity contribution is 0.0921. The molecule has 0 aliphatic heterocycles. The minimum atomic E-state index is -1.23. The lowest BCUT2D eigenvalue weighted by Crippen LogP contribution is -2.22. The van der Waals surface area contributed by atoms with Crippen molar-refractivity contribution >= 4 is 28.3 Å². The second-order valence-corrected chi connectivity index (χ2v) is 7.72. The first-order valence-electron chi connectivity index (χ1n) is 8.21. The van der Waals surface area contributed by atoms with Gasteiger partial charge in [-0.1, -0.05) is 48.0 Å². The normalized spacial score (nSPS) is 11.9. The predicted molar refractivity (Wildman–Crippen MR) is 103 cm³/mol. The van der Waals surface area contributed by atoms with Crippen molar-refractivity contribution in [3.8, 4) is 0 Å². The van der Waals surface area contributed by atoms with Gasteiger partial charge in [-0.25, -0.2) is 4.39 Å². The summed E-state index contributed by atoms with van der Waals surface area (Å²) in [5.41, 5.74) is 1.19. The molecule has 0 radical (unpaired) electrons. The van der Waals surface area contributed by atoms with Gasteiger partial charge in [-0.05, 0) is 29.8 Å². The average molecular weight is 406 g/mol. The number of halogens is 2. The Morgan fingerprint density at radius 1 is 1.00 bits per heavy atom. The van der Waals surface area contributed by atoms with Gasteiger partial charge in [0, 0.05) is 27.9 Å². The Hall–Kier alpha value is -2.44. The van der Waals surface area contributed by atoms with Crippen molar-refractivity contribution in [2.75, 3.05) is 0 Å². The van der Waals surface area contributed by atoms with Crippen LogP contribution in [0.25, 0.3) is 0 Å². The quantitative estimate of drug-likeness (QED) is 0.631. The number of furan rings is 1. The van der Waals surface area contributed by atoms with E-state index in [2.05, 4.69) is 5.32 Å². The topological polar surface area (TPSA) is 59.3 Å². The Morgan fingerprint density at radius 2 is 1.70 bits per heavy atom. The molecule has 0 saturated carbocycles. The molecule has 1 amide bonds. The molecule has 0 spiro atoms. The molecular weight excluding hydrogens is 389 g/mol. The molecule has 0 fully saturated rings. The smallest absolute Gasteiger partial charge is 0.287 e. The molecule has 0 bridgehead atoms. The Bertz CT molecular complexity index is 973. The molecule has 0 aliphatic carbocycles. The first-order valence-corrected chi connectivity index (χ1v) is 10.1. The zero-order valence-corrected chi connectivity index (χ0v) is 15.9. The van der Waals surface area contributed by atoms with Gasteiger partial charge in [0.15, 0.2) is 5.76 Å². The second-order valence-electron chi connectivity index (χ2n) is 5.86. The van der Waals surface area contributed by atoms with Crippen LogP contribution in [-0.2, 0) is 28.9 Å². The van der Waals surface area contributed by atoms with Gasteiger partial charge in [-0.3, -0.25) is 9.00 Å². The molecule has 1 N–H and O–H groups in total. The molecule has 0 unspecified atom stereocenters. The standard InChI is InChI=1S/C20H17ClFNO3S/c21-17-7-3-1-6-15(17)12-27(25)13-16-9-10-19(26-16)20(24)23-11-14-5-2-4-8-18(14)22/h1-10H,11-13H2,(H,23,24)/t27-/m1/s1. The van der Waals surface area contributed by atoms with Crippen LogP contribution in [0.2, 0.25) is 5.02 Å². The average Bonchev–Trinajstić information content (AvgIpc) is 3.11. The van der Waals surface area contributed by atoms with E-state index in [0.29, 0.717) is 22.1 Å². The minimum absolute atomic E-state index is 0.0555. The highest BCUT2D eigenvalue weighted by molar-refractivity contribution is 7.83. The van der Waals surface area contributed by atoms with Crippen LogP contribution in [0.3, 0.4) is 0 Å². The lowest BCUT2D eigenvalue weighted by Gasteiger charge is -2.05. The zero-order chi connectivity index (χ0) is 19.2. The summed E-state index contributed by atoms with van der Waals surface area (Å²) < 4.78 is 31.4. The van der Waals surface area contributed by atoms with Crippen LogP contribution >= 0.6 is 11.6 Å². The lowest BCUT2D eigenvalue weighted by atomic mass is 10.2. The first kappa shape index (κ1) is 19.3. The van der Waals surface area contributed by atoms with Crippen molar-refractivity contribution in [3.63, 3.8) is 0 Å². The first-order chi connectivity index (χ1) is 13.0. The predicted octanol–water partition coefficient (Wildman–Crippen LogP) is 4.45. The summed E-state index contributed by atoms with van der Waals surface area (Å²) in [6.07, 6.45) is 0. The molecule has 3 rings (SSSR count). The number of rotatable bonds is 7. The highest BCUT2D eigenvalue weighted by Crippen LogP contribution is 2.19. The zero-order valence-electron chi connectivity index (χ0n) is 14.3. The van der Waals surface area contributed by atoms with Crippen LogP contribution in [0, 0.1) is 5.82 Å². The van der Waals surface area contributed by atoms with Gasteiger partial charge in [0.2, 0.25) is 0 Å². The van der Waals surface area contributed by atoms with Gasteiger partial charge in [-0.15, -0.1) is 0 Å². The number of amides is 1. The SMILES string of the molecule is O=C(NCc1ccccc1F)c1ccc(C[S@](=O)Cc2ccccc2Cl)o1. The third-order valence-electron chi connectivity index (χ3n) is 3.86. The number of hydrogen-bond donors (Lipinski definition) is 1. The molecule has 1 atom stereocenters. The fourth-order valence-electron chi connectivity index (χ4n) is 2.48. The van der Waals surface area contributed by atoms with E-state index in [1.807, 2.05) is 18.2 Å². The Labute approximate surface area is 163 Å². The van der Waals surface area contributed by atoms with Gasteiger partial charge >= 0.3 is 0 Å². The third-order valence-corrected chi connectivity index (χ3v) is 5.47. The fraction of sp³-hybridized carbons (Fsp3) is 0.150. The summed E-state index contributed by atoms with van der Waals surface area (Å²) in [5.74, 6) is 0.169. The number of carbonyl (C=O) groups is 1. The summed E-state index contributed by atoms with van der Waals surface area (Å²) in [6.45, 7) is 0.0555. The van der Waals surface area contributed by atoms with Crippen LogP contribution in [0.1, 0.15) is 27.4 Å². The second kappa shape index (κ2) is 8.97. The van der Waals surface area contributed by atoms with Crippen molar-refractivity contribution in [3.05, 3.63) is 94.2 Å². The maximum Gasteiger partial charge on any atom is 0.287 e. The van der Waals surface area contributed by atoms with E-state index >= 15 is 0 Å². The summed E-state index contributed by atoms with van der Waals surface area (Å²) >= 11 is 6.08. The third kappa shape index (κ3) is 5.28. The van der Waals surface area contributed by atoms with Gasteiger partial charge in [0.25, 0.3) is 5.91 Å². The van der Waals surface area contributed by atoms with Gasteiger partial charge in [-0.2, -0.15) is 0 Å². The summed E-state index contributed by atoms with van der Waals surface area (Å²) in [5, 5.41) is 3.17. The molecule has 1 aromatic heterocycles. The number of nitrogens with one attached hydrogen (secondary N) is 1. The van der Waals surface area contributed by atoms with Crippen LogP contribution in [0.5, 0.6) is 0 Å². The van der Waals surface area contributed by atoms with E-state index in [1.165, 1.54) is 12.1 Å². The highest BCUT2D eigenvalue weighted by Gasteiger charge is 2.14. The van der Waals surface area contributed by atoms with Gasteiger partial charge in [0.1, 0.15) is 11.6 Å². The van der Waals surface area contributed by atoms with E-state index in [1.54, 1.807) is 30.3 Å². The van der Waals surface area contributed by atoms with E-state index in [0.717, 1.165) is 5.56 Å². The molecule has 0 saturated heterocycles. The van der Waals surface area contributed by atoms with Crippen molar-refractivity contribution in [1.29, 1.82) is 0 Å². The molecule has 7 heteroatoms. The molecule has 4 nitrogen and oxygen atoms in total. The van der Waals surface area contributed by atoms with Crippen molar-refractivity contribution in [2.45, 2.75) is 18.1 Å².